The number of anilines is 1. The third-order valence-corrected chi connectivity index (χ3v) is 4.91. The van der Waals surface area contributed by atoms with Gasteiger partial charge in [0.05, 0.1) is 5.75 Å². The lowest BCUT2D eigenvalue weighted by atomic mass is 10.1. The number of benzene rings is 1. The predicted molar refractivity (Wildman–Crippen MR) is 86.0 cm³/mol. The van der Waals surface area contributed by atoms with Gasteiger partial charge in [0.25, 0.3) is 0 Å². The highest BCUT2D eigenvalue weighted by molar-refractivity contribution is 8.00. The molecule has 0 bridgehead atoms. The van der Waals surface area contributed by atoms with Crippen molar-refractivity contribution >= 4 is 23.4 Å². The highest BCUT2D eigenvalue weighted by Gasteiger charge is 2.15. The van der Waals surface area contributed by atoms with E-state index in [1.54, 1.807) is 11.8 Å². The molecule has 0 saturated carbocycles. The molecule has 0 aromatic heterocycles. The summed E-state index contributed by atoms with van der Waals surface area (Å²) >= 11 is 1.60. The first-order valence-corrected chi connectivity index (χ1v) is 8.42. The number of carbonyl (C=O) groups excluding carboxylic acids is 1. The SMILES string of the molecule is Cc1ccc(N)cc1SCC(=O)N1CCCCCCC1. The minimum absolute atomic E-state index is 0.263. The molecule has 3 nitrogen and oxygen atoms in total. The quantitative estimate of drug-likeness (QED) is 0.685. The predicted octanol–water partition coefficient (Wildman–Crippen LogP) is 3.46. The summed E-state index contributed by atoms with van der Waals surface area (Å²) in [7, 11) is 0. The Morgan fingerprint density at radius 2 is 1.85 bits per heavy atom. The van der Waals surface area contributed by atoms with Gasteiger partial charge in [0.15, 0.2) is 0 Å². The molecule has 1 aromatic rings. The van der Waals surface area contributed by atoms with E-state index in [9.17, 15) is 4.79 Å². The fourth-order valence-electron chi connectivity index (χ4n) is 2.50. The second-order valence-corrected chi connectivity index (χ2v) is 6.48. The van der Waals surface area contributed by atoms with Gasteiger partial charge in [-0.2, -0.15) is 0 Å². The summed E-state index contributed by atoms with van der Waals surface area (Å²) in [6.45, 7) is 3.91. The van der Waals surface area contributed by atoms with Crippen LogP contribution in [0.1, 0.15) is 37.7 Å². The first-order chi connectivity index (χ1) is 9.66. The number of thioether (sulfide) groups is 1. The van der Waals surface area contributed by atoms with Gasteiger partial charge in [0, 0.05) is 23.7 Å². The van der Waals surface area contributed by atoms with Gasteiger partial charge in [-0.05, 0) is 37.5 Å². The highest BCUT2D eigenvalue weighted by Crippen LogP contribution is 2.25. The largest absolute Gasteiger partial charge is 0.399 e. The molecule has 0 spiro atoms. The Balaban J connectivity index is 1.88. The van der Waals surface area contributed by atoms with E-state index in [0.717, 1.165) is 36.5 Å². The van der Waals surface area contributed by atoms with Crippen molar-refractivity contribution in [3.8, 4) is 0 Å². The molecule has 4 heteroatoms. The zero-order valence-corrected chi connectivity index (χ0v) is 13.0. The van der Waals surface area contributed by atoms with Gasteiger partial charge >= 0.3 is 0 Å². The van der Waals surface area contributed by atoms with Crippen molar-refractivity contribution in [2.75, 3.05) is 24.6 Å². The lowest BCUT2D eigenvalue weighted by Crippen LogP contribution is -2.35. The Kier molecular flexibility index (Phi) is 5.77. The molecule has 0 aliphatic carbocycles. The standard InChI is InChI=1S/C16H24N2OS/c1-13-7-8-14(17)11-15(13)20-12-16(19)18-9-5-3-2-4-6-10-18/h7-8,11H,2-6,9-10,12,17H2,1H3. The average Bonchev–Trinajstić information content (AvgIpc) is 2.39. The van der Waals surface area contributed by atoms with Crippen LogP contribution < -0.4 is 5.73 Å². The molecule has 2 rings (SSSR count). The van der Waals surface area contributed by atoms with Crippen LogP contribution in [0.25, 0.3) is 0 Å². The van der Waals surface area contributed by atoms with Gasteiger partial charge in [0.1, 0.15) is 0 Å². The molecule has 0 radical (unpaired) electrons. The van der Waals surface area contributed by atoms with Gasteiger partial charge < -0.3 is 10.6 Å². The van der Waals surface area contributed by atoms with E-state index >= 15 is 0 Å². The lowest BCUT2D eigenvalue weighted by molar-refractivity contribution is -0.128. The third kappa shape index (κ3) is 4.44. The number of nitrogen functional groups attached to an aromatic ring is 1. The van der Waals surface area contributed by atoms with Crippen LogP contribution in [0, 0.1) is 6.92 Å². The van der Waals surface area contributed by atoms with Gasteiger partial charge in [-0.15, -0.1) is 11.8 Å². The van der Waals surface area contributed by atoms with E-state index in [4.69, 9.17) is 5.73 Å². The minimum atomic E-state index is 0.263. The van der Waals surface area contributed by atoms with Crippen LogP contribution >= 0.6 is 11.8 Å². The number of nitrogens with two attached hydrogens (primary N) is 1. The summed E-state index contributed by atoms with van der Waals surface area (Å²) in [6.07, 6.45) is 6.12. The van der Waals surface area contributed by atoms with E-state index in [1.807, 2.05) is 23.1 Å². The summed E-state index contributed by atoms with van der Waals surface area (Å²) in [5, 5.41) is 0. The second-order valence-electron chi connectivity index (χ2n) is 5.46. The molecule has 1 aliphatic rings. The smallest absolute Gasteiger partial charge is 0.232 e. The number of nitrogens with zero attached hydrogens (tertiary/aromatic N) is 1. The average molecular weight is 292 g/mol. The summed E-state index contributed by atoms with van der Waals surface area (Å²) in [4.78, 5) is 15.5. The molecule has 1 amide bonds. The first kappa shape index (κ1) is 15.2. The summed E-state index contributed by atoms with van der Waals surface area (Å²) in [6, 6.07) is 5.87. The molecule has 1 aromatic carbocycles. The molecule has 1 fully saturated rings. The molecular formula is C16H24N2OS. The van der Waals surface area contributed by atoms with Crippen molar-refractivity contribution in [3.63, 3.8) is 0 Å². The van der Waals surface area contributed by atoms with Crippen molar-refractivity contribution in [1.82, 2.24) is 4.90 Å². The first-order valence-electron chi connectivity index (χ1n) is 7.43. The van der Waals surface area contributed by atoms with Crippen LogP contribution in [-0.4, -0.2) is 29.6 Å². The summed E-state index contributed by atoms with van der Waals surface area (Å²) < 4.78 is 0. The molecule has 0 unspecified atom stereocenters. The van der Waals surface area contributed by atoms with Gasteiger partial charge in [-0.25, -0.2) is 0 Å². The number of rotatable bonds is 3. The van der Waals surface area contributed by atoms with E-state index in [2.05, 4.69) is 6.92 Å². The number of aryl methyl sites for hydroxylation is 1. The molecule has 1 aliphatic heterocycles. The Morgan fingerprint density at radius 3 is 2.55 bits per heavy atom. The van der Waals surface area contributed by atoms with E-state index in [1.165, 1.54) is 24.8 Å². The van der Waals surface area contributed by atoms with Crippen molar-refractivity contribution < 1.29 is 4.79 Å². The highest BCUT2D eigenvalue weighted by atomic mass is 32.2. The van der Waals surface area contributed by atoms with Crippen molar-refractivity contribution in [2.24, 2.45) is 0 Å². The number of hydrogen-bond donors (Lipinski definition) is 1. The Morgan fingerprint density at radius 1 is 1.20 bits per heavy atom. The Labute approximate surface area is 125 Å². The normalized spacial score (nSPS) is 16.6. The maximum absolute atomic E-state index is 12.3. The summed E-state index contributed by atoms with van der Waals surface area (Å²) in [5.41, 5.74) is 7.75. The molecule has 1 heterocycles. The fraction of sp³-hybridized carbons (Fsp3) is 0.562. The monoisotopic (exact) mass is 292 g/mol. The Bertz CT molecular complexity index is 454. The number of hydrogen-bond acceptors (Lipinski definition) is 3. The fourth-order valence-corrected chi connectivity index (χ4v) is 3.48. The van der Waals surface area contributed by atoms with Crippen LogP contribution in [0.5, 0.6) is 0 Å². The van der Waals surface area contributed by atoms with Crippen LogP contribution in [0.4, 0.5) is 5.69 Å². The number of carbonyl (C=O) groups is 1. The van der Waals surface area contributed by atoms with Crippen LogP contribution in [-0.2, 0) is 4.79 Å². The molecule has 1 saturated heterocycles. The number of likely N-dealkylation sites (tertiary alicyclic amines) is 1. The molecule has 20 heavy (non-hydrogen) atoms. The second kappa shape index (κ2) is 7.58. The molecular weight excluding hydrogens is 268 g/mol. The van der Waals surface area contributed by atoms with Gasteiger partial charge in [-0.3, -0.25) is 4.79 Å². The lowest BCUT2D eigenvalue weighted by Gasteiger charge is -2.24. The number of amides is 1. The summed E-state index contributed by atoms with van der Waals surface area (Å²) in [5.74, 6) is 0.781. The van der Waals surface area contributed by atoms with Crippen molar-refractivity contribution in [1.29, 1.82) is 0 Å². The van der Waals surface area contributed by atoms with Crippen LogP contribution in [0.3, 0.4) is 0 Å². The maximum Gasteiger partial charge on any atom is 0.232 e. The zero-order chi connectivity index (χ0) is 14.4. The van der Waals surface area contributed by atoms with Crippen molar-refractivity contribution in [2.45, 2.75) is 43.9 Å². The molecule has 0 atom stereocenters. The minimum Gasteiger partial charge on any atom is -0.399 e. The van der Waals surface area contributed by atoms with E-state index in [0.29, 0.717) is 5.75 Å². The van der Waals surface area contributed by atoms with E-state index < -0.39 is 0 Å². The maximum atomic E-state index is 12.3. The molecule has 110 valence electrons. The topological polar surface area (TPSA) is 46.3 Å². The molecule has 2 N–H and O–H groups in total. The van der Waals surface area contributed by atoms with Gasteiger partial charge in [-0.1, -0.05) is 25.3 Å². The third-order valence-electron chi connectivity index (χ3n) is 3.77. The van der Waals surface area contributed by atoms with Crippen LogP contribution in [0.15, 0.2) is 23.1 Å². The Hall–Kier alpha value is -1.16. The van der Waals surface area contributed by atoms with Crippen LogP contribution in [0.2, 0.25) is 0 Å². The van der Waals surface area contributed by atoms with Gasteiger partial charge in [0.2, 0.25) is 5.91 Å². The van der Waals surface area contributed by atoms with Crippen molar-refractivity contribution in [3.05, 3.63) is 23.8 Å². The van der Waals surface area contributed by atoms with E-state index in [-0.39, 0.29) is 5.91 Å². The zero-order valence-electron chi connectivity index (χ0n) is 12.2.